The first-order valence-corrected chi connectivity index (χ1v) is 8.42. The van der Waals surface area contributed by atoms with E-state index in [2.05, 4.69) is 27.5 Å². The summed E-state index contributed by atoms with van der Waals surface area (Å²) in [4.78, 5) is 0. The second-order valence-electron chi connectivity index (χ2n) is 5.43. The fourth-order valence-corrected chi connectivity index (χ4v) is 3.00. The molecule has 1 unspecified atom stereocenters. The zero-order chi connectivity index (χ0) is 17.1. The van der Waals surface area contributed by atoms with Crippen molar-refractivity contribution in [2.45, 2.75) is 25.8 Å². The van der Waals surface area contributed by atoms with Gasteiger partial charge in [0.2, 0.25) is 0 Å². The van der Waals surface area contributed by atoms with Gasteiger partial charge >= 0.3 is 0 Å². The van der Waals surface area contributed by atoms with Crippen LogP contribution < -0.4 is 5.32 Å². The fourth-order valence-electron chi connectivity index (χ4n) is 2.47. The molecule has 8 heteroatoms. The monoisotopic (exact) mass is 365 g/mol. The Balaban J connectivity index is 1.99. The summed E-state index contributed by atoms with van der Waals surface area (Å²) < 4.78 is 1.65. The van der Waals surface area contributed by atoms with Crippen molar-refractivity contribution in [1.29, 1.82) is 0 Å². The van der Waals surface area contributed by atoms with E-state index in [0.717, 1.165) is 12.0 Å². The lowest BCUT2D eigenvalue weighted by atomic mass is 10.1. The molecule has 24 heavy (non-hydrogen) atoms. The van der Waals surface area contributed by atoms with Crippen molar-refractivity contribution in [1.82, 2.24) is 19.8 Å². The molecular weight excluding hydrogens is 349 g/mol. The van der Waals surface area contributed by atoms with Gasteiger partial charge in [-0.05, 0) is 43.2 Å². The van der Waals surface area contributed by atoms with Crippen LogP contribution >= 0.6 is 23.2 Å². The first-order valence-electron chi connectivity index (χ1n) is 7.67. The molecule has 1 aromatic carbocycles. The van der Waals surface area contributed by atoms with E-state index < -0.39 is 0 Å². The lowest BCUT2D eigenvalue weighted by Crippen LogP contribution is -2.21. The van der Waals surface area contributed by atoms with E-state index in [1.165, 1.54) is 0 Å². The van der Waals surface area contributed by atoms with Crippen molar-refractivity contribution in [3.63, 3.8) is 0 Å². The van der Waals surface area contributed by atoms with E-state index >= 15 is 0 Å². The van der Waals surface area contributed by atoms with Gasteiger partial charge in [0.1, 0.15) is 5.82 Å². The molecule has 0 aliphatic rings. The standard InChI is InChI=1S/C16H17Cl2N5O/c1-2-13(5-6-24)19-14-3-4-15-20-21-16(23(15)22-14)10-7-11(17)9-12(18)8-10/h3-4,7-9,13,24H,2,5-6H2,1H3,(H,19,22). The maximum atomic E-state index is 9.12. The zero-order valence-electron chi connectivity index (χ0n) is 13.1. The van der Waals surface area contributed by atoms with Gasteiger partial charge in [-0.3, -0.25) is 0 Å². The normalized spacial score (nSPS) is 12.5. The van der Waals surface area contributed by atoms with Crippen LogP contribution in [0.4, 0.5) is 5.82 Å². The van der Waals surface area contributed by atoms with Gasteiger partial charge < -0.3 is 10.4 Å². The van der Waals surface area contributed by atoms with Crippen LogP contribution in [-0.4, -0.2) is 37.6 Å². The molecule has 0 saturated heterocycles. The highest BCUT2D eigenvalue weighted by Crippen LogP contribution is 2.26. The van der Waals surface area contributed by atoms with E-state index in [0.29, 0.717) is 33.8 Å². The predicted octanol–water partition coefficient (Wildman–Crippen LogP) is 3.67. The molecule has 0 aliphatic carbocycles. The fraction of sp³-hybridized carbons (Fsp3) is 0.312. The van der Waals surface area contributed by atoms with Crippen molar-refractivity contribution in [3.8, 4) is 11.4 Å². The molecule has 6 nitrogen and oxygen atoms in total. The topological polar surface area (TPSA) is 75.3 Å². The molecule has 126 valence electrons. The summed E-state index contributed by atoms with van der Waals surface area (Å²) in [5, 5.41) is 26.4. The quantitative estimate of drug-likeness (QED) is 0.696. The molecule has 0 saturated carbocycles. The number of benzene rings is 1. The minimum absolute atomic E-state index is 0.132. The van der Waals surface area contributed by atoms with Gasteiger partial charge in [0, 0.05) is 28.3 Å². The van der Waals surface area contributed by atoms with Gasteiger partial charge in [0.25, 0.3) is 0 Å². The highest BCUT2D eigenvalue weighted by Gasteiger charge is 2.13. The minimum Gasteiger partial charge on any atom is -0.396 e. The second kappa shape index (κ2) is 7.34. The predicted molar refractivity (Wildman–Crippen MR) is 95.6 cm³/mol. The first-order chi connectivity index (χ1) is 11.6. The number of nitrogens with zero attached hydrogens (tertiary/aromatic N) is 4. The van der Waals surface area contributed by atoms with Gasteiger partial charge in [-0.2, -0.15) is 4.52 Å². The number of aromatic nitrogens is 4. The van der Waals surface area contributed by atoms with Gasteiger partial charge in [-0.15, -0.1) is 15.3 Å². The Hall–Kier alpha value is -1.89. The van der Waals surface area contributed by atoms with Crippen LogP contribution in [0.25, 0.3) is 17.0 Å². The lowest BCUT2D eigenvalue weighted by molar-refractivity contribution is 0.278. The summed E-state index contributed by atoms with van der Waals surface area (Å²) in [6.07, 6.45) is 1.55. The van der Waals surface area contributed by atoms with Crippen LogP contribution in [0.1, 0.15) is 19.8 Å². The molecule has 3 aromatic rings. The van der Waals surface area contributed by atoms with E-state index in [-0.39, 0.29) is 12.6 Å². The van der Waals surface area contributed by atoms with E-state index in [4.69, 9.17) is 28.3 Å². The first kappa shape index (κ1) is 17.0. The number of fused-ring (bicyclic) bond motifs is 1. The zero-order valence-corrected chi connectivity index (χ0v) is 14.6. The maximum absolute atomic E-state index is 9.12. The molecule has 0 radical (unpaired) electrons. The van der Waals surface area contributed by atoms with Crippen molar-refractivity contribution in [3.05, 3.63) is 40.4 Å². The summed E-state index contributed by atoms with van der Waals surface area (Å²) in [7, 11) is 0. The SMILES string of the molecule is CCC(CCO)Nc1ccc2nnc(-c3cc(Cl)cc(Cl)c3)n2n1. The molecule has 0 spiro atoms. The van der Waals surface area contributed by atoms with Crippen LogP contribution in [0.5, 0.6) is 0 Å². The Morgan fingerprint density at radius 1 is 1.17 bits per heavy atom. The number of halogens is 2. The van der Waals surface area contributed by atoms with Crippen LogP contribution in [0, 0.1) is 0 Å². The van der Waals surface area contributed by atoms with Crippen LogP contribution in [-0.2, 0) is 0 Å². The third kappa shape index (κ3) is 3.61. The number of anilines is 1. The number of hydrogen-bond acceptors (Lipinski definition) is 5. The minimum atomic E-state index is 0.132. The summed E-state index contributed by atoms with van der Waals surface area (Å²) in [6.45, 7) is 2.19. The largest absolute Gasteiger partial charge is 0.396 e. The highest BCUT2D eigenvalue weighted by molar-refractivity contribution is 6.35. The summed E-state index contributed by atoms with van der Waals surface area (Å²) in [5.74, 6) is 1.25. The van der Waals surface area contributed by atoms with E-state index in [9.17, 15) is 0 Å². The molecule has 0 bridgehead atoms. The highest BCUT2D eigenvalue weighted by atomic mass is 35.5. The number of aliphatic hydroxyl groups excluding tert-OH is 1. The van der Waals surface area contributed by atoms with Gasteiger partial charge in [0.15, 0.2) is 11.5 Å². The van der Waals surface area contributed by atoms with Crippen molar-refractivity contribution in [2.24, 2.45) is 0 Å². The van der Waals surface area contributed by atoms with Gasteiger partial charge in [-0.1, -0.05) is 30.1 Å². The molecule has 2 aromatic heterocycles. The Kier molecular flexibility index (Phi) is 5.18. The molecule has 0 fully saturated rings. The van der Waals surface area contributed by atoms with Crippen molar-refractivity contribution < 1.29 is 5.11 Å². The smallest absolute Gasteiger partial charge is 0.185 e. The van der Waals surface area contributed by atoms with Crippen LogP contribution in [0.3, 0.4) is 0 Å². The average Bonchev–Trinajstić information content (AvgIpc) is 2.96. The molecule has 2 heterocycles. The molecular formula is C16H17Cl2N5O. The van der Waals surface area contributed by atoms with Crippen LogP contribution in [0.2, 0.25) is 10.0 Å². The third-order valence-electron chi connectivity index (χ3n) is 3.71. The summed E-state index contributed by atoms with van der Waals surface area (Å²) in [5.41, 5.74) is 1.37. The van der Waals surface area contributed by atoms with Gasteiger partial charge in [-0.25, -0.2) is 0 Å². The van der Waals surface area contributed by atoms with Gasteiger partial charge in [0.05, 0.1) is 0 Å². The Bertz CT molecular complexity index is 831. The average molecular weight is 366 g/mol. The van der Waals surface area contributed by atoms with Crippen molar-refractivity contribution >= 4 is 34.7 Å². The van der Waals surface area contributed by atoms with E-state index in [1.807, 2.05) is 12.1 Å². The molecule has 0 amide bonds. The summed E-state index contributed by atoms with van der Waals surface area (Å²) in [6, 6.07) is 9.04. The number of aliphatic hydroxyl groups is 1. The molecule has 2 N–H and O–H groups in total. The molecule has 3 rings (SSSR count). The molecule has 0 aliphatic heterocycles. The number of rotatable bonds is 6. The Morgan fingerprint density at radius 2 is 1.92 bits per heavy atom. The maximum Gasteiger partial charge on any atom is 0.185 e. The second-order valence-corrected chi connectivity index (χ2v) is 6.30. The lowest BCUT2D eigenvalue weighted by Gasteiger charge is -2.16. The Labute approximate surface area is 149 Å². The number of nitrogens with one attached hydrogen (secondary N) is 1. The van der Waals surface area contributed by atoms with Crippen molar-refractivity contribution in [2.75, 3.05) is 11.9 Å². The number of hydrogen-bond donors (Lipinski definition) is 2. The van der Waals surface area contributed by atoms with Crippen LogP contribution in [0.15, 0.2) is 30.3 Å². The summed E-state index contributed by atoms with van der Waals surface area (Å²) >= 11 is 12.1. The van der Waals surface area contributed by atoms with E-state index in [1.54, 1.807) is 22.7 Å². The Morgan fingerprint density at radius 3 is 2.58 bits per heavy atom. The third-order valence-corrected chi connectivity index (χ3v) is 4.14. The molecule has 1 atom stereocenters.